The molecule has 0 heterocycles. The van der Waals surface area contributed by atoms with Crippen molar-refractivity contribution in [2.24, 2.45) is 0 Å². The topological polar surface area (TPSA) is 66.5 Å². The van der Waals surface area contributed by atoms with Gasteiger partial charge in [-0.05, 0) is 44.4 Å². The molecule has 1 amide bonds. The number of carbonyl (C=O) groups is 1. The average Bonchev–Trinajstić information content (AvgIpc) is 2.57. The van der Waals surface area contributed by atoms with E-state index in [0.717, 1.165) is 5.56 Å². The number of hydrogen-bond acceptors (Lipinski definition) is 4. The van der Waals surface area contributed by atoms with Gasteiger partial charge in [-0.15, -0.1) is 11.8 Å². The molecular formula is C18H28N2O3S2. The number of aryl methyl sites for hydroxylation is 1. The largest absolute Gasteiger partial charge is 0.325 e. The summed E-state index contributed by atoms with van der Waals surface area (Å²) in [7, 11) is -0.525. The molecule has 0 radical (unpaired) electrons. The minimum atomic E-state index is -3.52. The number of nitrogens with one attached hydrogen (secondary N) is 1. The molecule has 1 aromatic carbocycles. The predicted octanol–water partition coefficient (Wildman–Crippen LogP) is 3.64. The third-order valence-electron chi connectivity index (χ3n) is 4.56. The van der Waals surface area contributed by atoms with Gasteiger partial charge in [-0.1, -0.05) is 25.3 Å². The molecule has 1 aliphatic rings. The molecule has 1 aliphatic carbocycles. The van der Waals surface area contributed by atoms with Gasteiger partial charge in [-0.2, -0.15) is 0 Å². The van der Waals surface area contributed by atoms with E-state index >= 15 is 0 Å². The first-order valence-corrected chi connectivity index (χ1v) is 11.1. The second-order valence-corrected chi connectivity index (χ2v) is 10.6. The molecule has 5 nitrogen and oxygen atoms in total. The van der Waals surface area contributed by atoms with Crippen LogP contribution < -0.4 is 5.32 Å². The molecular weight excluding hydrogens is 356 g/mol. The van der Waals surface area contributed by atoms with E-state index in [0.29, 0.717) is 10.9 Å². The van der Waals surface area contributed by atoms with E-state index in [-0.39, 0.29) is 16.1 Å². The first-order valence-electron chi connectivity index (χ1n) is 8.71. The van der Waals surface area contributed by atoms with Gasteiger partial charge in [0.15, 0.2) is 0 Å². The van der Waals surface area contributed by atoms with Gasteiger partial charge in [-0.25, -0.2) is 12.7 Å². The van der Waals surface area contributed by atoms with Crippen LogP contribution in [0.1, 0.15) is 44.6 Å². The lowest BCUT2D eigenvalue weighted by atomic mass is 10.0. The molecule has 140 valence electrons. The number of carbonyl (C=O) groups excluding carboxylic acids is 1. The first-order chi connectivity index (χ1) is 11.7. The van der Waals surface area contributed by atoms with Gasteiger partial charge in [0.2, 0.25) is 15.9 Å². The van der Waals surface area contributed by atoms with Crippen LogP contribution in [0.2, 0.25) is 0 Å². The Labute approximate surface area is 155 Å². The number of sulfonamides is 1. The maximum Gasteiger partial charge on any atom is 0.242 e. The molecule has 2 rings (SSSR count). The third kappa shape index (κ3) is 5.21. The van der Waals surface area contributed by atoms with Crippen molar-refractivity contribution in [2.45, 2.75) is 61.3 Å². The summed E-state index contributed by atoms with van der Waals surface area (Å²) in [6, 6.07) is 4.84. The molecule has 1 N–H and O–H groups in total. The Bertz CT molecular complexity index is 711. The normalized spacial score (nSPS) is 17.5. The molecule has 0 bridgehead atoms. The lowest BCUT2D eigenvalue weighted by molar-refractivity contribution is -0.115. The Kier molecular flexibility index (Phi) is 6.93. The smallest absolute Gasteiger partial charge is 0.242 e. The van der Waals surface area contributed by atoms with Crippen molar-refractivity contribution >= 4 is 33.4 Å². The molecule has 0 spiro atoms. The number of benzene rings is 1. The third-order valence-corrected chi connectivity index (χ3v) is 7.85. The highest BCUT2D eigenvalue weighted by atomic mass is 32.2. The van der Waals surface area contributed by atoms with E-state index in [1.54, 1.807) is 30.0 Å². The Morgan fingerprint density at radius 2 is 1.88 bits per heavy atom. The van der Waals surface area contributed by atoms with Crippen LogP contribution in [0.25, 0.3) is 0 Å². The monoisotopic (exact) mass is 384 g/mol. The van der Waals surface area contributed by atoms with Crippen LogP contribution in [0.3, 0.4) is 0 Å². The minimum absolute atomic E-state index is 0.0712. The molecule has 1 fully saturated rings. The summed E-state index contributed by atoms with van der Waals surface area (Å²) in [5.74, 6) is -0.0712. The highest BCUT2D eigenvalue weighted by Gasteiger charge is 2.23. The zero-order valence-corrected chi connectivity index (χ0v) is 17.0. The van der Waals surface area contributed by atoms with Crippen LogP contribution in [0, 0.1) is 6.92 Å². The van der Waals surface area contributed by atoms with E-state index < -0.39 is 10.0 Å². The lowest BCUT2D eigenvalue weighted by Crippen LogP contribution is -2.26. The van der Waals surface area contributed by atoms with Crippen LogP contribution in [-0.4, -0.2) is 43.2 Å². The Balaban J connectivity index is 2.09. The summed E-state index contributed by atoms with van der Waals surface area (Å²) >= 11 is 1.73. The highest BCUT2D eigenvalue weighted by Crippen LogP contribution is 2.31. The van der Waals surface area contributed by atoms with Crippen LogP contribution in [-0.2, 0) is 14.8 Å². The summed E-state index contributed by atoms with van der Waals surface area (Å²) < 4.78 is 25.7. The average molecular weight is 385 g/mol. The lowest BCUT2D eigenvalue weighted by Gasteiger charge is -2.24. The van der Waals surface area contributed by atoms with Crippen molar-refractivity contribution in [1.82, 2.24) is 4.31 Å². The number of hydrogen-bond donors (Lipinski definition) is 1. The molecule has 0 unspecified atom stereocenters. The second-order valence-electron chi connectivity index (χ2n) is 6.79. The Morgan fingerprint density at radius 3 is 2.48 bits per heavy atom. The van der Waals surface area contributed by atoms with Crippen LogP contribution in [0.5, 0.6) is 0 Å². The number of thioether (sulfide) groups is 1. The zero-order chi connectivity index (χ0) is 18.6. The van der Waals surface area contributed by atoms with Gasteiger partial charge in [0, 0.05) is 25.0 Å². The maximum atomic E-state index is 12.5. The first kappa shape index (κ1) is 20.3. The fourth-order valence-electron chi connectivity index (χ4n) is 2.89. The number of amides is 1. The van der Waals surface area contributed by atoms with E-state index in [9.17, 15) is 13.2 Å². The molecule has 0 aromatic heterocycles. The fraction of sp³-hybridized carbons (Fsp3) is 0.611. The molecule has 25 heavy (non-hydrogen) atoms. The zero-order valence-electron chi connectivity index (χ0n) is 15.4. The van der Waals surface area contributed by atoms with E-state index in [4.69, 9.17) is 0 Å². The SMILES string of the molecule is Cc1ccc(S(=O)(=O)N(C)C)cc1NC(=O)[C@@H](C)SC1CCCCC1. The summed E-state index contributed by atoms with van der Waals surface area (Å²) in [5, 5.41) is 3.30. The molecule has 1 aromatic rings. The molecule has 1 atom stereocenters. The standard InChI is InChI=1S/C18H28N2O3S2/c1-13-10-11-16(25(22,23)20(3)4)12-17(13)19-18(21)14(2)24-15-8-6-5-7-9-15/h10-12,14-15H,5-9H2,1-4H3,(H,19,21)/t14-/m1/s1. The van der Waals surface area contributed by atoms with Gasteiger partial charge in [0.05, 0.1) is 10.1 Å². The number of nitrogens with zero attached hydrogens (tertiary/aromatic N) is 1. The summed E-state index contributed by atoms with van der Waals surface area (Å²) in [5.41, 5.74) is 1.41. The Morgan fingerprint density at radius 1 is 1.24 bits per heavy atom. The summed E-state index contributed by atoms with van der Waals surface area (Å²) in [6.45, 7) is 3.78. The molecule has 7 heteroatoms. The van der Waals surface area contributed by atoms with Crippen molar-refractivity contribution in [3.05, 3.63) is 23.8 Å². The van der Waals surface area contributed by atoms with Crippen molar-refractivity contribution in [2.75, 3.05) is 19.4 Å². The predicted molar refractivity (Wildman–Crippen MR) is 105 cm³/mol. The van der Waals surface area contributed by atoms with Gasteiger partial charge in [-0.3, -0.25) is 4.79 Å². The maximum absolute atomic E-state index is 12.5. The van der Waals surface area contributed by atoms with E-state index in [1.165, 1.54) is 50.5 Å². The van der Waals surface area contributed by atoms with Gasteiger partial charge >= 0.3 is 0 Å². The van der Waals surface area contributed by atoms with E-state index in [2.05, 4.69) is 5.32 Å². The minimum Gasteiger partial charge on any atom is -0.325 e. The number of rotatable bonds is 6. The van der Waals surface area contributed by atoms with Gasteiger partial charge in [0.25, 0.3) is 0 Å². The number of anilines is 1. The quantitative estimate of drug-likeness (QED) is 0.813. The van der Waals surface area contributed by atoms with Gasteiger partial charge < -0.3 is 5.32 Å². The van der Waals surface area contributed by atoms with Crippen molar-refractivity contribution in [3.63, 3.8) is 0 Å². The molecule has 1 saturated carbocycles. The van der Waals surface area contributed by atoms with E-state index in [1.807, 2.05) is 13.8 Å². The van der Waals surface area contributed by atoms with Crippen molar-refractivity contribution < 1.29 is 13.2 Å². The van der Waals surface area contributed by atoms with Crippen LogP contribution in [0.4, 0.5) is 5.69 Å². The van der Waals surface area contributed by atoms with Gasteiger partial charge in [0.1, 0.15) is 0 Å². The van der Waals surface area contributed by atoms with Crippen LogP contribution in [0.15, 0.2) is 23.1 Å². The van der Waals surface area contributed by atoms with Crippen LogP contribution >= 0.6 is 11.8 Å². The second kappa shape index (κ2) is 8.56. The Hall–Kier alpha value is -1.05. The highest BCUT2D eigenvalue weighted by molar-refractivity contribution is 8.01. The summed E-state index contributed by atoms with van der Waals surface area (Å²) in [6.07, 6.45) is 6.14. The summed E-state index contributed by atoms with van der Waals surface area (Å²) in [4.78, 5) is 12.7. The molecule has 0 aliphatic heterocycles. The molecule has 0 saturated heterocycles. The van der Waals surface area contributed by atoms with Crippen molar-refractivity contribution in [1.29, 1.82) is 0 Å². The fourth-order valence-corrected chi connectivity index (χ4v) is 5.19. The van der Waals surface area contributed by atoms with Crippen molar-refractivity contribution in [3.8, 4) is 0 Å².